The van der Waals surface area contributed by atoms with Crippen molar-refractivity contribution < 1.29 is 19.1 Å². The Morgan fingerprint density at radius 3 is 2.45 bits per heavy atom. The molecule has 0 saturated carbocycles. The third kappa shape index (κ3) is 5.45. The highest BCUT2D eigenvalue weighted by Gasteiger charge is 2.36. The van der Waals surface area contributed by atoms with Crippen molar-refractivity contribution >= 4 is 34.9 Å². The van der Waals surface area contributed by atoms with E-state index >= 15 is 0 Å². The maximum Gasteiger partial charge on any atom is 0.311 e. The van der Waals surface area contributed by atoms with Crippen molar-refractivity contribution in [1.29, 1.82) is 0 Å². The van der Waals surface area contributed by atoms with Crippen molar-refractivity contribution in [3.05, 3.63) is 64.7 Å². The van der Waals surface area contributed by atoms with Crippen LogP contribution in [0, 0.1) is 5.92 Å². The molecule has 0 N–H and O–H groups in total. The lowest BCUT2D eigenvalue weighted by molar-refractivity contribution is -0.147. The largest absolute Gasteiger partial charge is 0.457 e. The molecule has 29 heavy (non-hydrogen) atoms. The van der Waals surface area contributed by atoms with Gasteiger partial charge in [0.1, 0.15) is 0 Å². The standard InChI is InChI=1S/C23H24ClNO4/c1-2-3-4-16-5-11-20(12-6-16)25-14-18(13-22(25)27)23(28)29-15-21(26)17-7-9-19(24)10-8-17/h5-12,18H,2-4,13-15H2,1H3. The van der Waals surface area contributed by atoms with Gasteiger partial charge in [0.05, 0.1) is 5.92 Å². The van der Waals surface area contributed by atoms with Gasteiger partial charge >= 0.3 is 5.97 Å². The molecule has 2 aromatic rings. The van der Waals surface area contributed by atoms with Crippen LogP contribution in [0.3, 0.4) is 0 Å². The molecule has 3 rings (SSSR count). The number of halogens is 1. The van der Waals surface area contributed by atoms with Crippen LogP contribution in [0.5, 0.6) is 0 Å². The van der Waals surface area contributed by atoms with Crippen LogP contribution in [0.25, 0.3) is 0 Å². The van der Waals surface area contributed by atoms with Crippen LogP contribution in [0.15, 0.2) is 48.5 Å². The van der Waals surface area contributed by atoms with Gasteiger partial charge in [-0.2, -0.15) is 0 Å². The van der Waals surface area contributed by atoms with E-state index in [1.54, 1.807) is 29.2 Å². The van der Waals surface area contributed by atoms with Crippen molar-refractivity contribution in [2.75, 3.05) is 18.1 Å². The Bertz CT molecular complexity index is 877. The van der Waals surface area contributed by atoms with E-state index < -0.39 is 11.9 Å². The number of amides is 1. The van der Waals surface area contributed by atoms with Crippen LogP contribution in [-0.4, -0.2) is 30.8 Å². The van der Waals surface area contributed by atoms with Gasteiger partial charge in [-0.25, -0.2) is 0 Å². The van der Waals surface area contributed by atoms with Gasteiger partial charge in [-0.3, -0.25) is 14.4 Å². The van der Waals surface area contributed by atoms with Crippen LogP contribution in [0.4, 0.5) is 5.69 Å². The summed E-state index contributed by atoms with van der Waals surface area (Å²) in [6.45, 7) is 2.07. The van der Waals surface area contributed by atoms with Crippen LogP contribution in [0.2, 0.25) is 5.02 Å². The number of hydrogen-bond acceptors (Lipinski definition) is 4. The van der Waals surface area contributed by atoms with Crippen LogP contribution in [-0.2, 0) is 20.7 Å². The lowest BCUT2D eigenvalue weighted by Gasteiger charge is -2.17. The molecule has 1 fully saturated rings. The van der Waals surface area contributed by atoms with Crippen molar-refractivity contribution in [2.45, 2.75) is 32.6 Å². The molecular weight excluding hydrogens is 390 g/mol. The number of Topliss-reactive ketones (excluding diaryl/α,β-unsaturated/α-hetero) is 1. The molecular formula is C23H24ClNO4. The van der Waals surface area contributed by atoms with Crippen molar-refractivity contribution in [3.8, 4) is 0 Å². The Labute approximate surface area is 175 Å². The van der Waals surface area contributed by atoms with E-state index in [1.807, 2.05) is 24.3 Å². The minimum Gasteiger partial charge on any atom is -0.457 e. The number of aryl methyl sites for hydroxylation is 1. The molecule has 0 spiro atoms. The fraction of sp³-hybridized carbons (Fsp3) is 0.348. The number of ether oxygens (including phenoxy) is 1. The SMILES string of the molecule is CCCCc1ccc(N2CC(C(=O)OCC(=O)c3ccc(Cl)cc3)CC2=O)cc1. The second-order valence-electron chi connectivity index (χ2n) is 7.21. The predicted molar refractivity (Wildman–Crippen MR) is 112 cm³/mol. The summed E-state index contributed by atoms with van der Waals surface area (Å²) in [6.07, 6.45) is 3.37. The molecule has 1 heterocycles. The zero-order valence-corrected chi connectivity index (χ0v) is 17.2. The van der Waals surface area contributed by atoms with Gasteiger partial charge in [-0.15, -0.1) is 0 Å². The smallest absolute Gasteiger partial charge is 0.311 e. The molecule has 0 aromatic heterocycles. The highest BCUT2D eigenvalue weighted by molar-refractivity contribution is 6.30. The van der Waals surface area contributed by atoms with E-state index in [0.29, 0.717) is 10.6 Å². The molecule has 0 radical (unpaired) electrons. The number of unbranched alkanes of at least 4 members (excludes halogenated alkanes) is 1. The van der Waals surface area contributed by atoms with Gasteiger partial charge in [0.2, 0.25) is 5.91 Å². The highest BCUT2D eigenvalue weighted by Crippen LogP contribution is 2.26. The zero-order chi connectivity index (χ0) is 20.8. The van der Waals surface area contributed by atoms with Crippen LogP contribution in [0.1, 0.15) is 42.1 Å². The summed E-state index contributed by atoms with van der Waals surface area (Å²) in [4.78, 5) is 38.5. The number of rotatable bonds is 8. The minimum absolute atomic E-state index is 0.0888. The van der Waals surface area contributed by atoms with Gasteiger partial charge in [-0.1, -0.05) is 37.1 Å². The summed E-state index contributed by atoms with van der Waals surface area (Å²) in [5, 5.41) is 0.529. The van der Waals surface area contributed by atoms with Gasteiger partial charge in [0.25, 0.3) is 0 Å². The monoisotopic (exact) mass is 413 g/mol. The average Bonchev–Trinajstić information content (AvgIpc) is 3.13. The predicted octanol–water partition coefficient (Wildman–Crippen LogP) is 4.46. The second-order valence-corrected chi connectivity index (χ2v) is 7.65. The first-order valence-electron chi connectivity index (χ1n) is 9.82. The fourth-order valence-corrected chi connectivity index (χ4v) is 3.44. The molecule has 1 aliphatic heterocycles. The first kappa shape index (κ1) is 21.1. The maximum atomic E-state index is 12.4. The van der Waals surface area contributed by atoms with Crippen LogP contribution >= 0.6 is 11.6 Å². The molecule has 6 heteroatoms. The average molecular weight is 414 g/mol. The van der Waals surface area contributed by atoms with E-state index in [9.17, 15) is 14.4 Å². The molecule has 5 nitrogen and oxygen atoms in total. The van der Waals surface area contributed by atoms with Crippen molar-refractivity contribution in [1.82, 2.24) is 0 Å². The van der Waals surface area contributed by atoms with Crippen molar-refractivity contribution in [2.24, 2.45) is 5.92 Å². The van der Waals surface area contributed by atoms with E-state index in [-0.39, 0.29) is 31.3 Å². The minimum atomic E-state index is -0.569. The fourth-order valence-electron chi connectivity index (χ4n) is 3.31. The molecule has 1 saturated heterocycles. The van der Waals surface area contributed by atoms with Crippen LogP contribution < -0.4 is 4.90 Å². The molecule has 1 unspecified atom stereocenters. The normalized spacial score (nSPS) is 16.1. The molecule has 0 aliphatic carbocycles. The number of nitrogens with zero attached hydrogens (tertiary/aromatic N) is 1. The van der Waals surface area contributed by atoms with E-state index in [4.69, 9.17) is 16.3 Å². The van der Waals surface area contributed by atoms with Gasteiger partial charge in [0.15, 0.2) is 12.4 Å². The second kappa shape index (κ2) is 9.70. The third-order valence-electron chi connectivity index (χ3n) is 5.04. The number of carbonyl (C=O) groups is 3. The molecule has 152 valence electrons. The summed E-state index contributed by atoms with van der Waals surface area (Å²) >= 11 is 5.81. The van der Waals surface area contributed by atoms with E-state index in [0.717, 1.165) is 24.9 Å². The van der Waals surface area contributed by atoms with E-state index in [2.05, 4.69) is 6.92 Å². The Morgan fingerprint density at radius 2 is 1.79 bits per heavy atom. The Kier molecular flexibility index (Phi) is 7.04. The van der Waals surface area contributed by atoms with Crippen molar-refractivity contribution in [3.63, 3.8) is 0 Å². The quantitative estimate of drug-likeness (QED) is 0.473. The molecule has 1 atom stereocenters. The molecule has 2 aromatic carbocycles. The topological polar surface area (TPSA) is 63.7 Å². The summed E-state index contributed by atoms with van der Waals surface area (Å²) in [6, 6.07) is 14.3. The number of anilines is 1. The highest BCUT2D eigenvalue weighted by atomic mass is 35.5. The summed E-state index contributed by atoms with van der Waals surface area (Å²) in [5.74, 6) is -1.51. The number of esters is 1. The third-order valence-corrected chi connectivity index (χ3v) is 5.29. The molecule has 0 bridgehead atoms. The summed E-state index contributed by atoms with van der Waals surface area (Å²) < 4.78 is 5.17. The van der Waals surface area contributed by atoms with E-state index in [1.165, 1.54) is 5.56 Å². The summed E-state index contributed by atoms with van der Waals surface area (Å²) in [5.41, 5.74) is 2.44. The molecule has 1 aliphatic rings. The number of carbonyl (C=O) groups excluding carboxylic acids is 3. The number of ketones is 1. The number of benzene rings is 2. The Hall–Kier alpha value is -2.66. The maximum absolute atomic E-state index is 12.4. The Balaban J connectivity index is 1.54. The van der Waals surface area contributed by atoms with Gasteiger partial charge in [-0.05, 0) is 54.8 Å². The van der Waals surface area contributed by atoms with Gasteiger partial charge in [0, 0.05) is 29.2 Å². The lowest BCUT2D eigenvalue weighted by atomic mass is 10.1. The first-order chi connectivity index (χ1) is 14.0. The first-order valence-corrected chi connectivity index (χ1v) is 10.2. The molecule has 1 amide bonds. The number of hydrogen-bond donors (Lipinski definition) is 0. The zero-order valence-electron chi connectivity index (χ0n) is 16.4. The Morgan fingerprint density at radius 1 is 1.10 bits per heavy atom. The lowest BCUT2D eigenvalue weighted by Crippen LogP contribution is -2.27. The summed E-state index contributed by atoms with van der Waals surface area (Å²) in [7, 11) is 0. The van der Waals surface area contributed by atoms with Gasteiger partial charge < -0.3 is 9.64 Å².